The zero-order chi connectivity index (χ0) is 9.84. The minimum Gasteiger partial charge on any atom is -0.480 e. The van der Waals surface area contributed by atoms with E-state index in [4.69, 9.17) is 10.8 Å². The van der Waals surface area contributed by atoms with E-state index in [2.05, 4.69) is 0 Å². The van der Waals surface area contributed by atoms with Crippen LogP contribution >= 0.6 is 11.8 Å². The summed E-state index contributed by atoms with van der Waals surface area (Å²) in [5, 5.41) is 18.1. The van der Waals surface area contributed by atoms with E-state index in [9.17, 15) is 9.90 Å². The zero-order valence-electron chi connectivity index (χ0n) is 7.35. The van der Waals surface area contributed by atoms with Crippen LogP contribution < -0.4 is 5.73 Å². The summed E-state index contributed by atoms with van der Waals surface area (Å²) in [6.07, 6.45) is 2.56. The predicted octanol–water partition coefficient (Wildman–Crippen LogP) is 0.0449. The molecule has 4 N–H and O–H groups in total. The molecule has 76 valence electrons. The van der Waals surface area contributed by atoms with E-state index in [0.29, 0.717) is 5.75 Å². The molecule has 0 aromatic carbocycles. The van der Waals surface area contributed by atoms with Gasteiger partial charge in [-0.15, -0.1) is 0 Å². The number of hydrogen-bond donors (Lipinski definition) is 3. The average Bonchev–Trinajstić information content (AvgIpc) is 2.47. The van der Waals surface area contributed by atoms with Crippen LogP contribution in [0.3, 0.4) is 0 Å². The maximum atomic E-state index is 10.4. The van der Waals surface area contributed by atoms with Crippen LogP contribution in [0.15, 0.2) is 0 Å². The van der Waals surface area contributed by atoms with E-state index in [0.717, 1.165) is 19.3 Å². The lowest BCUT2D eigenvalue weighted by atomic mass is 10.3. The van der Waals surface area contributed by atoms with E-state index in [1.165, 1.54) is 11.8 Å². The van der Waals surface area contributed by atoms with Crippen LogP contribution in [0, 0.1) is 0 Å². The number of carboxylic acids is 1. The molecule has 4 nitrogen and oxygen atoms in total. The Hall–Kier alpha value is -0.260. The van der Waals surface area contributed by atoms with Crippen molar-refractivity contribution in [1.29, 1.82) is 0 Å². The van der Waals surface area contributed by atoms with Crippen molar-refractivity contribution in [2.24, 2.45) is 5.73 Å². The number of carboxylic acid groups (broad SMARTS) is 1. The first-order valence-corrected chi connectivity index (χ1v) is 5.44. The second-order valence-electron chi connectivity index (χ2n) is 3.31. The lowest BCUT2D eigenvalue weighted by Gasteiger charge is -2.14. The van der Waals surface area contributed by atoms with Crippen LogP contribution in [0.5, 0.6) is 0 Å². The predicted molar refractivity (Wildman–Crippen MR) is 51.7 cm³/mol. The summed E-state index contributed by atoms with van der Waals surface area (Å²) in [6, 6.07) is -0.808. The van der Waals surface area contributed by atoms with Crippen LogP contribution in [0.25, 0.3) is 0 Å². The number of aliphatic hydroxyl groups is 1. The number of thioether (sulfide) groups is 1. The lowest BCUT2D eigenvalue weighted by molar-refractivity contribution is -0.137. The van der Waals surface area contributed by atoms with Gasteiger partial charge in [0.15, 0.2) is 0 Å². The molecule has 0 aromatic rings. The van der Waals surface area contributed by atoms with Gasteiger partial charge in [0.05, 0.1) is 6.10 Å². The van der Waals surface area contributed by atoms with Gasteiger partial charge in [-0.25, -0.2) is 0 Å². The normalized spacial score (nSPS) is 30.3. The minimum atomic E-state index is -0.972. The first-order valence-electron chi connectivity index (χ1n) is 4.39. The molecule has 2 unspecified atom stereocenters. The number of carbonyl (C=O) groups is 1. The molecule has 0 amide bonds. The van der Waals surface area contributed by atoms with E-state index < -0.39 is 12.0 Å². The van der Waals surface area contributed by atoms with Gasteiger partial charge in [-0.3, -0.25) is 4.79 Å². The van der Waals surface area contributed by atoms with Crippen molar-refractivity contribution in [3.05, 3.63) is 0 Å². The van der Waals surface area contributed by atoms with Crippen molar-refractivity contribution < 1.29 is 15.0 Å². The summed E-state index contributed by atoms with van der Waals surface area (Å²) >= 11 is 1.47. The third-order valence-corrected chi connectivity index (χ3v) is 3.75. The Morgan fingerprint density at radius 2 is 2.31 bits per heavy atom. The Kier molecular flexibility index (Phi) is 4.02. The van der Waals surface area contributed by atoms with Gasteiger partial charge in [0.1, 0.15) is 6.04 Å². The van der Waals surface area contributed by atoms with E-state index in [-0.39, 0.29) is 11.4 Å². The first kappa shape index (κ1) is 10.8. The van der Waals surface area contributed by atoms with Gasteiger partial charge in [-0.05, 0) is 19.3 Å². The summed E-state index contributed by atoms with van der Waals surface area (Å²) in [7, 11) is 0. The Labute approximate surface area is 81.5 Å². The second kappa shape index (κ2) is 4.83. The van der Waals surface area contributed by atoms with Gasteiger partial charge in [0.2, 0.25) is 0 Å². The monoisotopic (exact) mass is 205 g/mol. The standard InChI is InChI=1S/C8H15NO3S/c9-5(8(11)12)4-13-7-3-1-2-6(7)10/h5-7,10H,1-4,9H2,(H,11,12)/t5-,6?,7?/m1/s1. The van der Waals surface area contributed by atoms with Gasteiger partial charge in [-0.1, -0.05) is 0 Å². The molecular formula is C8H15NO3S. The van der Waals surface area contributed by atoms with Crippen molar-refractivity contribution in [2.75, 3.05) is 5.75 Å². The second-order valence-corrected chi connectivity index (χ2v) is 4.59. The first-order chi connectivity index (χ1) is 6.11. The Morgan fingerprint density at radius 3 is 2.77 bits per heavy atom. The maximum absolute atomic E-state index is 10.4. The van der Waals surface area contributed by atoms with Crippen LogP contribution in [0.4, 0.5) is 0 Å². The number of rotatable bonds is 4. The van der Waals surface area contributed by atoms with Crippen LogP contribution in [0.1, 0.15) is 19.3 Å². The third-order valence-electron chi connectivity index (χ3n) is 2.22. The highest BCUT2D eigenvalue weighted by atomic mass is 32.2. The van der Waals surface area contributed by atoms with Gasteiger partial charge in [0, 0.05) is 11.0 Å². The molecule has 0 heterocycles. The number of aliphatic carboxylic acids is 1. The summed E-state index contributed by atoms with van der Waals surface area (Å²) < 4.78 is 0. The molecule has 13 heavy (non-hydrogen) atoms. The number of nitrogens with two attached hydrogens (primary N) is 1. The summed E-state index contributed by atoms with van der Waals surface area (Å²) in [5.41, 5.74) is 5.34. The van der Waals surface area contributed by atoms with E-state index in [1.54, 1.807) is 0 Å². The van der Waals surface area contributed by atoms with Gasteiger partial charge in [0.25, 0.3) is 0 Å². The fraction of sp³-hybridized carbons (Fsp3) is 0.875. The van der Waals surface area contributed by atoms with E-state index >= 15 is 0 Å². The van der Waals surface area contributed by atoms with Crippen LogP contribution in [0.2, 0.25) is 0 Å². The molecule has 1 fully saturated rings. The van der Waals surface area contributed by atoms with Crippen LogP contribution in [-0.4, -0.2) is 39.3 Å². The zero-order valence-corrected chi connectivity index (χ0v) is 8.17. The molecule has 3 atom stereocenters. The van der Waals surface area contributed by atoms with Crippen molar-refractivity contribution in [3.63, 3.8) is 0 Å². The van der Waals surface area contributed by atoms with Crippen LogP contribution in [-0.2, 0) is 4.79 Å². The van der Waals surface area contributed by atoms with Crippen molar-refractivity contribution in [1.82, 2.24) is 0 Å². The smallest absolute Gasteiger partial charge is 0.321 e. The highest BCUT2D eigenvalue weighted by Crippen LogP contribution is 2.29. The molecule has 0 saturated heterocycles. The average molecular weight is 205 g/mol. The maximum Gasteiger partial charge on any atom is 0.321 e. The number of hydrogen-bond acceptors (Lipinski definition) is 4. The van der Waals surface area contributed by atoms with Crippen molar-refractivity contribution in [3.8, 4) is 0 Å². The van der Waals surface area contributed by atoms with Crippen molar-refractivity contribution >= 4 is 17.7 Å². The summed E-state index contributed by atoms with van der Waals surface area (Å²) in [5.74, 6) is -0.586. The van der Waals surface area contributed by atoms with Gasteiger partial charge >= 0.3 is 5.97 Å². The minimum absolute atomic E-state index is 0.186. The van der Waals surface area contributed by atoms with E-state index in [1.807, 2.05) is 0 Å². The van der Waals surface area contributed by atoms with Crippen molar-refractivity contribution in [2.45, 2.75) is 36.7 Å². The molecule has 0 spiro atoms. The molecule has 0 aliphatic heterocycles. The molecule has 1 aliphatic rings. The quantitative estimate of drug-likeness (QED) is 0.603. The lowest BCUT2D eigenvalue weighted by Crippen LogP contribution is -2.33. The molecule has 1 saturated carbocycles. The van der Waals surface area contributed by atoms with Gasteiger partial charge in [-0.2, -0.15) is 11.8 Å². The Bertz CT molecular complexity index is 188. The van der Waals surface area contributed by atoms with Gasteiger partial charge < -0.3 is 15.9 Å². The Morgan fingerprint density at radius 1 is 1.62 bits per heavy atom. The molecule has 5 heteroatoms. The third kappa shape index (κ3) is 3.17. The molecule has 1 rings (SSSR count). The SMILES string of the molecule is N[C@H](CSC1CCCC1O)C(=O)O. The molecule has 0 radical (unpaired) electrons. The summed E-state index contributed by atoms with van der Waals surface area (Å²) in [4.78, 5) is 10.4. The fourth-order valence-corrected chi connectivity index (χ4v) is 2.69. The molecule has 0 aromatic heterocycles. The number of aliphatic hydroxyl groups excluding tert-OH is 1. The Balaban J connectivity index is 2.22. The highest BCUT2D eigenvalue weighted by molar-refractivity contribution is 8.00. The molecule has 1 aliphatic carbocycles. The fourth-order valence-electron chi connectivity index (χ4n) is 1.40. The molecular weight excluding hydrogens is 190 g/mol. The summed E-state index contributed by atoms with van der Waals surface area (Å²) in [6.45, 7) is 0. The highest BCUT2D eigenvalue weighted by Gasteiger charge is 2.26. The molecule has 0 bridgehead atoms. The topological polar surface area (TPSA) is 83.5 Å². The largest absolute Gasteiger partial charge is 0.480 e.